The second-order valence-corrected chi connectivity index (χ2v) is 2.77. The summed E-state index contributed by atoms with van der Waals surface area (Å²) < 4.78 is 4.66. The minimum Gasteiger partial charge on any atom is -0.449 e. The number of aromatic nitrogens is 1. The highest BCUT2D eigenvalue weighted by molar-refractivity contribution is 5.98. The van der Waals surface area contributed by atoms with Gasteiger partial charge >= 0.3 is 6.09 Å². The molecular formula is C10H13N3O2. The van der Waals surface area contributed by atoms with Crippen molar-refractivity contribution in [2.45, 2.75) is 13.8 Å². The number of carbonyl (C=O) groups excluding carboxylic acids is 1. The van der Waals surface area contributed by atoms with Gasteiger partial charge in [0.2, 0.25) is 0 Å². The first kappa shape index (κ1) is 11.2. The van der Waals surface area contributed by atoms with Crippen LogP contribution in [0.25, 0.3) is 0 Å². The molecule has 0 spiro atoms. The van der Waals surface area contributed by atoms with E-state index in [0.29, 0.717) is 12.3 Å². The lowest BCUT2D eigenvalue weighted by molar-refractivity contribution is 0.152. The molecule has 0 aliphatic carbocycles. The van der Waals surface area contributed by atoms with Crippen LogP contribution in [0.4, 0.5) is 4.79 Å². The first-order valence-electron chi connectivity index (χ1n) is 4.61. The Morgan fingerprint density at radius 1 is 1.53 bits per heavy atom. The Labute approximate surface area is 88.2 Å². The maximum atomic E-state index is 10.9. The molecule has 0 atom stereocenters. The number of nitrogens with one attached hydrogen (secondary N) is 1. The first-order chi connectivity index (χ1) is 7.24. The van der Waals surface area contributed by atoms with Crippen molar-refractivity contribution in [2.24, 2.45) is 5.10 Å². The normalized spacial score (nSPS) is 10.9. The zero-order valence-corrected chi connectivity index (χ0v) is 8.73. The molecular weight excluding hydrogens is 194 g/mol. The fourth-order valence-electron chi connectivity index (χ4n) is 0.951. The molecule has 1 rings (SSSR count). The fourth-order valence-corrected chi connectivity index (χ4v) is 0.951. The van der Waals surface area contributed by atoms with E-state index in [-0.39, 0.29) is 0 Å². The van der Waals surface area contributed by atoms with E-state index in [0.717, 1.165) is 5.56 Å². The van der Waals surface area contributed by atoms with Crippen molar-refractivity contribution in [1.82, 2.24) is 10.4 Å². The van der Waals surface area contributed by atoms with Crippen LogP contribution in [-0.2, 0) is 4.74 Å². The number of hydrazone groups is 1. The van der Waals surface area contributed by atoms with E-state index in [4.69, 9.17) is 0 Å². The molecule has 0 fully saturated rings. The van der Waals surface area contributed by atoms with Crippen molar-refractivity contribution in [3.63, 3.8) is 0 Å². The Balaban J connectivity index is 2.57. The summed E-state index contributed by atoms with van der Waals surface area (Å²) in [4.78, 5) is 14.8. The molecule has 0 aliphatic heterocycles. The molecule has 1 aromatic rings. The molecule has 1 aromatic heterocycles. The lowest BCUT2D eigenvalue weighted by Crippen LogP contribution is -2.20. The number of hydrogen-bond acceptors (Lipinski definition) is 4. The maximum absolute atomic E-state index is 10.9. The van der Waals surface area contributed by atoms with Crippen molar-refractivity contribution >= 4 is 11.8 Å². The quantitative estimate of drug-likeness (QED) is 0.604. The van der Waals surface area contributed by atoms with Gasteiger partial charge in [0.1, 0.15) is 0 Å². The van der Waals surface area contributed by atoms with Gasteiger partial charge in [-0.05, 0) is 26.0 Å². The van der Waals surface area contributed by atoms with Gasteiger partial charge in [-0.3, -0.25) is 4.98 Å². The standard InChI is InChI=1S/C10H13N3O2/c1-3-15-10(14)13-12-8(2)9-4-6-11-7-5-9/h4-7H,3H2,1-2H3,(H,13,14)/b12-8-. The van der Waals surface area contributed by atoms with Gasteiger partial charge in [0.15, 0.2) is 0 Å². The van der Waals surface area contributed by atoms with Crippen LogP contribution in [0.3, 0.4) is 0 Å². The monoisotopic (exact) mass is 207 g/mol. The van der Waals surface area contributed by atoms with Gasteiger partial charge in [0.25, 0.3) is 0 Å². The van der Waals surface area contributed by atoms with Crippen LogP contribution in [0.2, 0.25) is 0 Å². The van der Waals surface area contributed by atoms with Crippen LogP contribution in [-0.4, -0.2) is 23.4 Å². The topological polar surface area (TPSA) is 63.6 Å². The second kappa shape index (κ2) is 5.74. The SMILES string of the molecule is CCOC(=O)N/N=C(/C)c1ccncc1. The predicted molar refractivity (Wildman–Crippen MR) is 56.6 cm³/mol. The molecule has 0 aromatic carbocycles. The van der Waals surface area contributed by atoms with Gasteiger partial charge in [0.05, 0.1) is 12.3 Å². The number of nitrogens with zero attached hydrogens (tertiary/aromatic N) is 2. The third-order valence-corrected chi connectivity index (χ3v) is 1.69. The molecule has 0 saturated carbocycles. The number of pyridine rings is 1. The average molecular weight is 207 g/mol. The van der Waals surface area contributed by atoms with Gasteiger partial charge in [-0.1, -0.05) is 0 Å². The number of hydrogen-bond donors (Lipinski definition) is 1. The van der Waals surface area contributed by atoms with E-state index in [9.17, 15) is 4.79 Å². The highest BCUT2D eigenvalue weighted by atomic mass is 16.5. The molecule has 80 valence electrons. The van der Waals surface area contributed by atoms with Crippen molar-refractivity contribution in [3.8, 4) is 0 Å². The third-order valence-electron chi connectivity index (χ3n) is 1.69. The lowest BCUT2D eigenvalue weighted by Gasteiger charge is -2.02. The van der Waals surface area contributed by atoms with E-state index in [1.165, 1.54) is 0 Å². The Hall–Kier alpha value is -1.91. The highest BCUT2D eigenvalue weighted by Gasteiger charge is 1.99. The minimum absolute atomic E-state index is 0.329. The summed E-state index contributed by atoms with van der Waals surface area (Å²) in [7, 11) is 0. The number of carbonyl (C=O) groups is 1. The molecule has 0 unspecified atom stereocenters. The van der Waals surface area contributed by atoms with E-state index >= 15 is 0 Å². The molecule has 1 heterocycles. The fraction of sp³-hybridized carbons (Fsp3) is 0.300. The Morgan fingerprint density at radius 3 is 2.80 bits per heavy atom. The van der Waals surface area contributed by atoms with E-state index in [2.05, 4.69) is 20.2 Å². The van der Waals surface area contributed by atoms with Crippen molar-refractivity contribution in [1.29, 1.82) is 0 Å². The number of ether oxygens (including phenoxy) is 1. The smallest absolute Gasteiger partial charge is 0.427 e. The van der Waals surface area contributed by atoms with Crippen LogP contribution in [0.1, 0.15) is 19.4 Å². The van der Waals surface area contributed by atoms with Crippen molar-refractivity contribution in [2.75, 3.05) is 6.61 Å². The average Bonchev–Trinajstić information content (AvgIpc) is 2.27. The van der Waals surface area contributed by atoms with Gasteiger partial charge in [-0.15, -0.1) is 0 Å². The van der Waals surface area contributed by atoms with E-state index in [1.54, 1.807) is 26.2 Å². The van der Waals surface area contributed by atoms with Crippen molar-refractivity contribution < 1.29 is 9.53 Å². The number of amides is 1. The zero-order chi connectivity index (χ0) is 11.1. The Kier molecular flexibility index (Phi) is 4.28. The van der Waals surface area contributed by atoms with Crippen LogP contribution < -0.4 is 5.43 Å². The summed E-state index contributed by atoms with van der Waals surface area (Å²) in [5.74, 6) is 0. The van der Waals surface area contributed by atoms with Crippen LogP contribution >= 0.6 is 0 Å². The molecule has 0 bridgehead atoms. The molecule has 0 aliphatic rings. The first-order valence-corrected chi connectivity index (χ1v) is 4.61. The predicted octanol–water partition coefficient (Wildman–Crippen LogP) is 1.55. The largest absolute Gasteiger partial charge is 0.449 e. The van der Waals surface area contributed by atoms with E-state index < -0.39 is 6.09 Å². The summed E-state index contributed by atoms with van der Waals surface area (Å²) in [6.45, 7) is 3.86. The highest BCUT2D eigenvalue weighted by Crippen LogP contribution is 1.97. The number of rotatable bonds is 3. The molecule has 0 radical (unpaired) electrons. The molecule has 1 N–H and O–H groups in total. The van der Waals surface area contributed by atoms with Gasteiger partial charge in [-0.2, -0.15) is 5.10 Å². The van der Waals surface area contributed by atoms with E-state index in [1.807, 2.05) is 12.1 Å². The van der Waals surface area contributed by atoms with Gasteiger partial charge < -0.3 is 4.74 Å². The van der Waals surface area contributed by atoms with Crippen LogP contribution in [0, 0.1) is 0 Å². The van der Waals surface area contributed by atoms with Crippen LogP contribution in [0.15, 0.2) is 29.6 Å². The van der Waals surface area contributed by atoms with Gasteiger partial charge in [-0.25, -0.2) is 10.2 Å². The van der Waals surface area contributed by atoms with Crippen molar-refractivity contribution in [3.05, 3.63) is 30.1 Å². The lowest BCUT2D eigenvalue weighted by atomic mass is 10.2. The summed E-state index contributed by atoms with van der Waals surface area (Å²) in [6, 6.07) is 3.62. The molecule has 5 nitrogen and oxygen atoms in total. The maximum Gasteiger partial charge on any atom is 0.427 e. The zero-order valence-electron chi connectivity index (χ0n) is 8.73. The minimum atomic E-state index is -0.550. The molecule has 15 heavy (non-hydrogen) atoms. The third kappa shape index (κ3) is 3.76. The summed E-state index contributed by atoms with van der Waals surface area (Å²) >= 11 is 0. The molecule has 5 heteroatoms. The summed E-state index contributed by atoms with van der Waals surface area (Å²) in [5, 5.41) is 3.88. The Morgan fingerprint density at radius 2 is 2.20 bits per heavy atom. The molecule has 0 saturated heterocycles. The molecule has 1 amide bonds. The van der Waals surface area contributed by atoms with Gasteiger partial charge in [0, 0.05) is 18.0 Å². The second-order valence-electron chi connectivity index (χ2n) is 2.77. The Bertz CT molecular complexity index is 349. The van der Waals surface area contributed by atoms with Crippen LogP contribution in [0.5, 0.6) is 0 Å². The summed E-state index contributed by atoms with van der Waals surface area (Å²) in [5.41, 5.74) is 3.89. The summed E-state index contributed by atoms with van der Waals surface area (Å²) in [6.07, 6.45) is 2.78.